The van der Waals surface area contributed by atoms with Gasteiger partial charge in [0.1, 0.15) is 5.82 Å². The van der Waals surface area contributed by atoms with Crippen LogP contribution in [-0.2, 0) is 0 Å². The maximum atomic E-state index is 5.04. The van der Waals surface area contributed by atoms with Gasteiger partial charge in [-0.1, -0.05) is 0 Å². The van der Waals surface area contributed by atoms with Crippen LogP contribution in [0.5, 0.6) is 0 Å². The molecule has 1 aromatic heterocycles. The van der Waals surface area contributed by atoms with Gasteiger partial charge in [0.05, 0.1) is 6.04 Å². The predicted octanol–water partition coefficient (Wildman–Crippen LogP) is 2.31. The van der Waals surface area contributed by atoms with Gasteiger partial charge in [0.25, 0.3) is 0 Å². The van der Waals surface area contributed by atoms with E-state index in [0.717, 1.165) is 37.6 Å². The van der Waals surface area contributed by atoms with Crippen molar-refractivity contribution in [2.24, 2.45) is 0 Å². The summed E-state index contributed by atoms with van der Waals surface area (Å²) in [7, 11) is 8.55. The summed E-state index contributed by atoms with van der Waals surface area (Å²) in [4.78, 5) is 12.0. The van der Waals surface area contributed by atoms with Crippen molar-refractivity contribution in [3.63, 3.8) is 0 Å². The number of hydrogen-bond donors (Lipinski definition) is 0. The van der Waals surface area contributed by atoms with E-state index in [9.17, 15) is 0 Å². The molecule has 2 aromatic rings. The van der Waals surface area contributed by atoms with Gasteiger partial charge in [-0.3, -0.25) is 0 Å². The van der Waals surface area contributed by atoms with Crippen molar-refractivity contribution in [3.05, 3.63) is 30.1 Å². The first kappa shape index (κ1) is 17.5. The summed E-state index contributed by atoms with van der Waals surface area (Å²) in [6, 6.07) is 9.10. The molecule has 0 unspecified atom stereocenters. The van der Waals surface area contributed by atoms with Crippen LogP contribution in [0.25, 0.3) is 11.4 Å². The Morgan fingerprint density at radius 3 is 2.12 bits per heavy atom. The Kier molecular flexibility index (Phi) is 4.71. The Hall–Kier alpha value is -1.92. The van der Waals surface area contributed by atoms with E-state index < -0.39 is 0 Å². The minimum Gasteiger partial charge on any atom is -0.378 e. The number of aromatic nitrogens is 3. The highest BCUT2D eigenvalue weighted by atomic mass is 15.4. The number of anilines is 1. The Balaban J connectivity index is 1.66. The molecule has 2 fully saturated rings. The van der Waals surface area contributed by atoms with Crippen molar-refractivity contribution in [2.75, 3.05) is 59.3 Å². The monoisotopic (exact) mass is 354 g/mol. The van der Waals surface area contributed by atoms with E-state index in [1.807, 2.05) is 0 Å². The molecular formula is C20H30N6. The SMILES string of the molecule is CN1CCN(C)CC(c2nc(-c3ccc(N(C)C)cc3)nn2C2CC2)C1. The first-order valence-electron chi connectivity index (χ1n) is 9.62. The van der Waals surface area contributed by atoms with Crippen molar-refractivity contribution in [2.45, 2.75) is 24.8 Å². The highest BCUT2D eigenvalue weighted by Crippen LogP contribution is 2.38. The normalized spacial score (nSPS) is 20.3. The fraction of sp³-hybridized carbons (Fsp3) is 0.600. The molecule has 140 valence electrons. The molecule has 1 saturated heterocycles. The Morgan fingerprint density at radius 1 is 0.962 bits per heavy atom. The lowest BCUT2D eigenvalue weighted by molar-refractivity contribution is 0.320. The molecule has 4 rings (SSSR count). The number of benzene rings is 1. The second kappa shape index (κ2) is 7.00. The maximum absolute atomic E-state index is 5.04. The second-order valence-corrected chi connectivity index (χ2v) is 8.13. The minimum atomic E-state index is 0.412. The van der Waals surface area contributed by atoms with Crippen LogP contribution in [0.4, 0.5) is 5.69 Å². The highest BCUT2D eigenvalue weighted by molar-refractivity contribution is 5.60. The van der Waals surface area contributed by atoms with Crippen molar-refractivity contribution in [1.82, 2.24) is 24.6 Å². The molecule has 0 bridgehead atoms. The summed E-state index contributed by atoms with van der Waals surface area (Å²) >= 11 is 0. The molecule has 1 saturated carbocycles. The first-order valence-corrected chi connectivity index (χ1v) is 9.62. The molecular weight excluding hydrogens is 324 g/mol. The number of nitrogens with zero attached hydrogens (tertiary/aromatic N) is 6. The van der Waals surface area contributed by atoms with Crippen molar-refractivity contribution < 1.29 is 0 Å². The van der Waals surface area contributed by atoms with Crippen molar-refractivity contribution >= 4 is 5.69 Å². The number of rotatable bonds is 4. The summed E-state index contributed by atoms with van der Waals surface area (Å²) in [5.74, 6) is 2.45. The topological polar surface area (TPSA) is 40.4 Å². The van der Waals surface area contributed by atoms with E-state index in [-0.39, 0.29) is 0 Å². The molecule has 0 amide bonds. The second-order valence-electron chi connectivity index (χ2n) is 8.13. The van der Waals surface area contributed by atoms with Crippen LogP contribution in [0.15, 0.2) is 24.3 Å². The van der Waals surface area contributed by atoms with E-state index in [2.05, 4.69) is 71.8 Å². The standard InChI is InChI=1S/C20H30N6/c1-23(2)17-7-5-15(6-8-17)19-21-20(26(22-19)18-9-10-18)16-13-24(3)11-12-25(4)14-16/h5-8,16,18H,9-14H2,1-4H3. The molecule has 0 atom stereocenters. The molecule has 6 heteroatoms. The molecule has 0 N–H and O–H groups in total. The fourth-order valence-corrected chi connectivity index (χ4v) is 3.73. The zero-order chi connectivity index (χ0) is 18.3. The van der Waals surface area contributed by atoms with E-state index in [4.69, 9.17) is 10.1 Å². The number of likely N-dealkylation sites (N-methyl/N-ethyl adjacent to an activating group) is 2. The van der Waals surface area contributed by atoms with Gasteiger partial charge in [0.2, 0.25) is 0 Å². The van der Waals surface area contributed by atoms with Crippen LogP contribution in [0.1, 0.15) is 30.6 Å². The smallest absolute Gasteiger partial charge is 0.181 e. The lowest BCUT2D eigenvalue weighted by atomic mass is 10.1. The van der Waals surface area contributed by atoms with E-state index in [0.29, 0.717) is 12.0 Å². The third-order valence-electron chi connectivity index (χ3n) is 5.48. The molecule has 1 aliphatic heterocycles. The summed E-state index contributed by atoms with van der Waals surface area (Å²) in [5, 5.41) is 4.93. The van der Waals surface area contributed by atoms with Gasteiger partial charge in [-0.25, -0.2) is 9.67 Å². The van der Waals surface area contributed by atoms with Gasteiger partial charge in [0.15, 0.2) is 5.82 Å². The number of hydrogen-bond acceptors (Lipinski definition) is 5. The average molecular weight is 355 g/mol. The van der Waals surface area contributed by atoms with Gasteiger partial charge in [0, 0.05) is 57.4 Å². The van der Waals surface area contributed by atoms with E-state index in [1.54, 1.807) is 0 Å². The lowest BCUT2D eigenvalue weighted by Gasteiger charge is -2.20. The minimum absolute atomic E-state index is 0.412. The van der Waals surface area contributed by atoms with Crippen LogP contribution in [0, 0.1) is 0 Å². The van der Waals surface area contributed by atoms with Gasteiger partial charge >= 0.3 is 0 Å². The lowest BCUT2D eigenvalue weighted by Crippen LogP contribution is -2.27. The van der Waals surface area contributed by atoms with Crippen LogP contribution >= 0.6 is 0 Å². The molecule has 0 spiro atoms. The highest BCUT2D eigenvalue weighted by Gasteiger charge is 2.33. The molecule has 1 aromatic carbocycles. The molecule has 6 nitrogen and oxygen atoms in total. The molecule has 26 heavy (non-hydrogen) atoms. The molecule has 1 aliphatic carbocycles. The van der Waals surface area contributed by atoms with E-state index in [1.165, 1.54) is 24.4 Å². The summed E-state index contributed by atoms with van der Waals surface area (Å²) < 4.78 is 2.23. The Bertz CT molecular complexity index is 734. The zero-order valence-electron chi connectivity index (χ0n) is 16.4. The Morgan fingerprint density at radius 2 is 1.58 bits per heavy atom. The van der Waals surface area contributed by atoms with Gasteiger partial charge in [-0.05, 0) is 51.2 Å². The van der Waals surface area contributed by atoms with Crippen molar-refractivity contribution in [1.29, 1.82) is 0 Å². The first-order chi connectivity index (χ1) is 12.5. The quantitative estimate of drug-likeness (QED) is 0.843. The zero-order valence-corrected chi connectivity index (χ0v) is 16.4. The average Bonchev–Trinajstić information content (AvgIpc) is 3.40. The summed E-state index contributed by atoms with van der Waals surface area (Å²) in [6.07, 6.45) is 2.46. The third kappa shape index (κ3) is 3.62. The maximum Gasteiger partial charge on any atom is 0.181 e. The largest absolute Gasteiger partial charge is 0.378 e. The summed E-state index contributed by atoms with van der Waals surface area (Å²) in [5.41, 5.74) is 2.30. The molecule has 0 radical (unpaired) electrons. The van der Waals surface area contributed by atoms with Gasteiger partial charge in [-0.2, -0.15) is 5.10 Å². The Labute approximate surface area is 156 Å². The van der Waals surface area contributed by atoms with Crippen LogP contribution in [-0.4, -0.2) is 78.9 Å². The fourth-order valence-electron chi connectivity index (χ4n) is 3.73. The molecule has 2 aliphatic rings. The van der Waals surface area contributed by atoms with Crippen LogP contribution in [0.3, 0.4) is 0 Å². The predicted molar refractivity (Wildman–Crippen MR) is 106 cm³/mol. The van der Waals surface area contributed by atoms with Crippen molar-refractivity contribution in [3.8, 4) is 11.4 Å². The van der Waals surface area contributed by atoms with Gasteiger partial charge < -0.3 is 14.7 Å². The third-order valence-corrected chi connectivity index (χ3v) is 5.48. The van der Waals surface area contributed by atoms with Crippen LogP contribution < -0.4 is 4.90 Å². The van der Waals surface area contributed by atoms with Crippen LogP contribution in [0.2, 0.25) is 0 Å². The van der Waals surface area contributed by atoms with Gasteiger partial charge in [-0.15, -0.1) is 0 Å². The summed E-state index contributed by atoms with van der Waals surface area (Å²) in [6.45, 7) is 4.33. The molecule has 2 heterocycles. The van der Waals surface area contributed by atoms with E-state index >= 15 is 0 Å².